The quantitative estimate of drug-likeness (QED) is 0.855. The van der Waals surface area contributed by atoms with Crippen LogP contribution in [-0.2, 0) is 9.53 Å². The van der Waals surface area contributed by atoms with E-state index in [-0.39, 0.29) is 6.61 Å². The monoisotopic (exact) mass is 253 g/mol. The molecule has 1 aromatic carbocycles. The summed E-state index contributed by atoms with van der Waals surface area (Å²) in [4.78, 5) is 11.4. The number of aliphatic hydroxyl groups excluding tert-OH is 1. The van der Waals surface area contributed by atoms with Gasteiger partial charge in [-0.3, -0.25) is 0 Å². The number of benzene rings is 1. The fourth-order valence-electron chi connectivity index (χ4n) is 1.67. The number of fused-ring (bicyclic) bond motifs is 1. The Bertz CT molecular complexity index is 550. The SMILES string of the molecule is CCOC(=O)C(O)n1ccc2ccc(Cl)cc21. The highest BCUT2D eigenvalue weighted by Gasteiger charge is 2.19. The lowest BCUT2D eigenvalue weighted by atomic mass is 10.2. The predicted molar refractivity (Wildman–Crippen MR) is 64.8 cm³/mol. The summed E-state index contributed by atoms with van der Waals surface area (Å²) >= 11 is 5.88. The molecule has 0 saturated carbocycles. The van der Waals surface area contributed by atoms with E-state index in [0.29, 0.717) is 10.5 Å². The summed E-state index contributed by atoms with van der Waals surface area (Å²) in [5.41, 5.74) is 0.693. The van der Waals surface area contributed by atoms with Crippen LogP contribution in [0.3, 0.4) is 0 Å². The summed E-state index contributed by atoms with van der Waals surface area (Å²) in [6.45, 7) is 1.92. The number of ether oxygens (including phenoxy) is 1. The van der Waals surface area contributed by atoms with Crippen LogP contribution in [0.25, 0.3) is 10.9 Å². The molecule has 0 aliphatic heterocycles. The maximum atomic E-state index is 11.4. The zero-order chi connectivity index (χ0) is 12.4. The van der Waals surface area contributed by atoms with Crippen molar-refractivity contribution >= 4 is 28.5 Å². The third-order valence-electron chi connectivity index (χ3n) is 2.45. The van der Waals surface area contributed by atoms with Crippen molar-refractivity contribution in [2.24, 2.45) is 0 Å². The number of esters is 1. The fraction of sp³-hybridized carbons (Fsp3) is 0.250. The van der Waals surface area contributed by atoms with Crippen molar-refractivity contribution in [1.82, 2.24) is 4.57 Å². The normalized spacial score (nSPS) is 12.6. The van der Waals surface area contributed by atoms with Gasteiger partial charge < -0.3 is 14.4 Å². The Kier molecular flexibility index (Phi) is 3.36. The second-order valence-corrected chi connectivity index (χ2v) is 3.99. The van der Waals surface area contributed by atoms with Gasteiger partial charge in [0.05, 0.1) is 12.1 Å². The topological polar surface area (TPSA) is 51.5 Å². The number of nitrogens with zero attached hydrogens (tertiary/aromatic N) is 1. The predicted octanol–water partition coefficient (Wildman–Crippen LogP) is 2.35. The van der Waals surface area contributed by atoms with Crippen LogP contribution in [0.2, 0.25) is 5.02 Å². The van der Waals surface area contributed by atoms with Crippen molar-refractivity contribution in [3.05, 3.63) is 35.5 Å². The van der Waals surface area contributed by atoms with Crippen LogP contribution in [0.15, 0.2) is 30.5 Å². The highest BCUT2D eigenvalue weighted by Crippen LogP contribution is 2.23. The maximum Gasteiger partial charge on any atom is 0.356 e. The number of hydrogen-bond acceptors (Lipinski definition) is 3. The van der Waals surface area contributed by atoms with E-state index < -0.39 is 12.2 Å². The van der Waals surface area contributed by atoms with E-state index in [1.807, 2.05) is 6.07 Å². The van der Waals surface area contributed by atoms with E-state index in [4.69, 9.17) is 16.3 Å². The number of halogens is 1. The first kappa shape index (κ1) is 12.0. The Morgan fingerprint density at radius 1 is 1.53 bits per heavy atom. The van der Waals surface area contributed by atoms with Gasteiger partial charge in [0, 0.05) is 11.2 Å². The van der Waals surface area contributed by atoms with Crippen LogP contribution in [0.4, 0.5) is 0 Å². The number of aromatic nitrogens is 1. The van der Waals surface area contributed by atoms with Gasteiger partial charge >= 0.3 is 5.97 Å². The summed E-state index contributed by atoms with van der Waals surface area (Å²) in [6, 6.07) is 7.07. The number of rotatable bonds is 3. The average molecular weight is 254 g/mol. The molecule has 90 valence electrons. The minimum atomic E-state index is -1.34. The summed E-state index contributed by atoms with van der Waals surface area (Å²) in [5.74, 6) is -0.676. The number of carbonyl (C=O) groups excluding carboxylic acids is 1. The summed E-state index contributed by atoms with van der Waals surface area (Å²) in [5, 5.41) is 11.3. The second-order valence-electron chi connectivity index (χ2n) is 3.55. The smallest absolute Gasteiger partial charge is 0.356 e. The van der Waals surface area contributed by atoms with Gasteiger partial charge in [-0.15, -0.1) is 0 Å². The third-order valence-corrected chi connectivity index (χ3v) is 2.68. The minimum Gasteiger partial charge on any atom is -0.463 e. The van der Waals surface area contributed by atoms with Crippen molar-refractivity contribution in [3.8, 4) is 0 Å². The first-order valence-corrected chi connectivity index (χ1v) is 5.62. The van der Waals surface area contributed by atoms with Crippen LogP contribution < -0.4 is 0 Å². The molecule has 17 heavy (non-hydrogen) atoms. The van der Waals surface area contributed by atoms with Crippen LogP contribution >= 0.6 is 11.6 Å². The fourth-order valence-corrected chi connectivity index (χ4v) is 1.83. The van der Waals surface area contributed by atoms with Crippen molar-refractivity contribution in [2.45, 2.75) is 13.2 Å². The molecule has 1 unspecified atom stereocenters. The number of aliphatic hydroxyl groups is 1. The molecule has 4 nitrogen and oxygen atoms in total. The van der Waals surface area contributed by atoms with Gasteiger partial charge in [0.1, 0.15) is 0 Å². The molecule has 0 aliphatic rings. The lowest BCUT2D eigenvalue weighted by molar-refractivity contribution is -0.157. The van der Waals surface area contributed by atoms with Gasteiger partial charge in [0.15, 0.2) is 0 Å². The first-order valence-electron chi connectivity index (χ1n) is 5.24. The van der Waals surface area contributed by atoms with E-state index in [2.05, 4.69) is 0 Å². The van der Waals surface area contributed by atoms with Crippen molar-refractivity contribution in [1.29, 1.82) is 0 Å². The molecular weight excluding hydrogens is 242 g/mol. The number of hydrogen-bond donors (Lipinski definition) is 1. The molecule has 1 atom stereocenters. The Balaban J connectivity index is 2.41. The van der Waals surface area contributed by atoms with Crippen molar-refractivity contribution in [3.63, 3.8) is 0 Å². The van der Waals surface area contributed by atoms with E-state index >= 15 is 0 Å². The molecule has 0 bridgehead atoms. The summed E-state index contributed by atoms with van der Waals surface area (Å²) in [7, 11) is 0. The largest absolute Gasteiger partial charge is 0.463 e. The molecule has 1 heterocycles. The molecular formula is C12H12ClNO3. The van der Waals surface area contributed by atoms with Gasteiger partial charge in [-0.2, -0.15) is 0 Å². The average Bonchev–Trinajstić information content (AvgIpc) is 2.71. The van der Waals surface area contributed by atoms with Crippen molar-refractivity contribution in [2.75, 3.05) is 6.61 Å². The van der Waals surface area contributed by atoms with Crippen LogP contribution in [0.5, 0.6) is 0 Å². The lowest BCUT2D eigenvalue weighted by Crippen LogP contribution is -2.20. The van der Waals surface area contributed by atoms with Crippen LogP contribution in [0.1, 0.15) is 13.2 Å². The van der Waals surface area contributed by atoms with Crippen LogP contribution in [0, 0.1) is 0 Å². The molecule has 0 radical (unpaired) electrons. The van der Waals surface area contributed by atoms with Gasteiger partial charge in [0.2, 0.25) is 6.23 Å². The van der Waals surface area contributed by atoms with Gasteiger partial charge in [0.25, 0.3) is 0 Å². The van der Waals surface area contributed by atoms with Gasteiger partial charge in [-0.1, -0.05) is 17.7 Å². The summed E-state index contributed by atoms with van der Waals surface area (Å²) in [6.07, 6.45) is 0.286. The molecule has 0 saturated heterocycles. The first-order chi connectivity index (χ1) is 8.13. The molecule has 2 rings (SSSR count). The van der Waals surface area contributed by atoms with E-state index in [1.54, 1.807) is 31.3 Å². The van der Waals surface area contributed by atoms with Crippen LogP contribution in [-0.4, -0.2) is 22.2 Å². The van der Waals surface area contributed by atoms with Gasteiger partial charge in [-0.25, -0.2) is 4.79 Å². The number of carbonyl (C=O) groups is 1. The zero-order valence-corrected chi connectivity index (χ0v) is 10.0. The lowest BCUT2D eigenvalue weighted by Gasteiger charge is -2.12. The Hall–Kier alpha value is -1.52. The molecule has 5 heteroatoms. The highest BCUT2D eigenvalue weighted by molar-refractivity contribution is 6.31. The molecule has 0 spiro atoms. The van der Waals surface area contributed by atoms with E-state index in [9.17, 15) is 9.90 Å². The van der Waals surface area contributed by atoms with E-state index in [1.165, 1.54) is 4.57 Å². The standard InChI is InChI=1S/C12H12ClNO3/c1-2-17-12(16)11(15)14-6-5-8-3-4-9(13)7-10(8)14/h3-7,11,15H,2H2,1H3. The zero-order valence-electron chi connectivity index (χ0n) is 9.26. The summed E-state index contributed by atoms with van der Waals surface area (Å²) < 4.78 is 6.19. The Labute approximate surface area is 103 Å². The van der Waals surface area contributed by atoms with Crippen molar-refractivity contribution < 1.29 is 14.6 Å². The molecule has 1 N–H and O–H groups in total. The molecule has 1 aromatic heterocycles. The molecule has 2 aromatic rings. The highest BCUT2D eigenvalue weighted by atomic mass is 35.5. The maximum absolute atomic E-state index is 11.4. The minimum absolute atomic E-state index is 0.232. The Morgan fingerprint density at radius 3 is 3.00 bits per heavy atom. The molecule has 0 aliphatic carbocycles. The third kappa shape index (κ3) is 2.28. The van der Waals surface area contributed by atoms with Gasteiger partial charge in [-0.05, 0) is 30.5 Å². The Morgan fingerprint density at radius 2 is 2.29 bits per heavy atom. The van der Waals surface area contributed by atoms with E-state index in [0.717, 1.165) is 5.39 Å². The second kappa shape index (κ2) is 4.77. The molecule has 0 amide bonds. The molecule has 0 fully saturated rings.